The number of aliphatic hydroxyl groups excluding tert-OH is 1. The predicted molar refractivity (Wildman–Crippen MR) is 138 cm³/mol. The van der Waals surface area contributed by atoms with E-state index < -0.39 is 12.1 Å². The quantitative estimate of drug-likeness (QED) is 0.256. The summed E-state index contributed by atoms with van der Waals surface area (Å²) in [4.78, 5) is 23.8. The van der Waals surface area contributed by atoms with Gasteiger partial charge >= 0.3 is 5.97 Å². The van der Waals surface area contributed by atoms with Gasteiger partial charge in [-0.2, -0.15) is 5.10 Å². The van der Waals surface area contributed by atoms with Crippen molar-refractivity contribution in [1.29, 1.82) is 0 Å². The number of fused-ring (bicyclic) bond motifs is 3. The predicted octanol–water partition coefficient (Wildman–Crippen LogP) is 5.56. The van der Waals surface area contributed by atoms with Gasteiger partial charge < -0.3 is 9.84 Å². The molecule has 0 aliphatic rings. The number of nitrogens with zero attached hydrogens (tertiary/aromatic N) is 2. The number of ether oxygens (including phenoxy) is 1. The van der Waals surface area contributed by atoms with Gasteiger partial charge in [0.05, 0.1) is 30.1 Å². The Morgan fingerprint density at radius 1 is 1.09 bits per heavy atom. The normalized spacial score (nSPS) is 12.6. The zero-order valence-electron chi connectivity index (χ0n) is 20.3. The van der Waals surface area contributed by atoms with Crippen LogP contribution in [0.15, 0.2) is 66.9 Å². The average molecular weight is 471 g/mol. The zero-order chi connectivity index (χ0) is 24.9. The molecule has 0 saturated carbocycles. The molecule has 0 spiro atoms. The van der Waals surface area contributed by atoms with Gasteiger partial charge in [-0.15, -0.1) is 0 Å². The molecule has 180 valence electrons. The Hall–Kier alpha value is -3.77. The van der Waals surface area contributed by atoms with Gasteiger partial charge in [0.15, 0.2) is 0 Å². The molecular formula is C29H30N2O4. The maximum absolute atomic E-state index is 12.2. The number of carbonyl (C=O) groups is 2. The Kier molecular flexibility index (Phi) is 7.42. The summed E-state index contributed by atoms with van der Waals surface area (Å²) < 4.78 is 6.82. The number of ketones is 1. The summed E-state index contributed by atoms with van der Waals surface area (Å²) in [6.07, 6.45) is 3.87. The van der Waals surface area contributed by atoms with Crippen molar-refractivity contribution < 1.29 is 19.4 Å². The molecule has 35 heavy (non-hydrogen) atoms. The number of hydrogen-bond acceptors (Lipinski definition) is 5. The Morgan fingerprint density at radius 3 is 2.51 bits per heavy atom. The van der Waals surface area contributed by atoms with Crippen molar-refractivity contribution in [3.05, 3.63) is 78.1 Å². The number of rotatable bonds is 9. The maximum atomic E-state index is 12.2. The highest BCUT2D eigenvalue weighted by atomic mass is 16.5. The van der Waals surface area contributed by atoms with E-state index in [0.717, 1.165) is 38.7 Å². The molecule has 6 heteroatoms. The van der Waals surface area contributed by atoms with E-state index in [4.69, 9.17) is 9.84 Å². The number of aliphatic hydroxyl groups is 1. The average Bonchev–Trinajstić information content (AvgIpc) is 3.18. The highest BCUT2D eigenvalue weighted by Gasteiger charge is 2.23. The van der Waals surface area contributed by atoms with Gasteiger partial charge in [0.25, 0.3) is 0 Å². The van der Waals surface area contributed by atoms with Crippen LogP contribution in [0.2, 0.25) is 0 Å². The molecule has 4 rings (SSSR count). The number of benzene rings is 2. The van der Waals surface area contributed by atoms with E-state index >= 15 is 0 Å². The van der Waals surface area contributed by atoms with Crippen LogP contribution in [0.4, 0.5) is 0 Å². The van der Waals surface area contributed by atoms with Gasteiger partial charge in [-0.3, -0.25) is 9.59 Å². The topological polar surface area (TPSA) is 80.9 Å². The van der Waals surface area contributed by atoms with Crippen molar-refractivity contribution in [2.24, 2.45) is 0 Å². The first-order valence-electron chi connectivity index (χ1n) is 11.9. The SMILES string of the molecule is CCOC(=O)CC(=O)CC(O)/C=C/c1c(-c2ccccc2)c2c3ccccc3cnn2c1C(C)C. The number of aromatic nitrogens is 2. The molecule has 1 N–H and O–H groups in total. The second-order valence-electron chi connectivity index (χ2n) is 8.84. The number of carbonyl (C=O) groups excluding carboxylic acids is 2. The van der Waals surface area contributed by atoms with E-state index in [1.165, 1.54) is 0 Å². The van der Waals surface area contributed by atoms with Crippen LogP contribution in [0.3, 0.4) is 0 Å². The summed E-state index contributed by atoms with van der Waals surface area (Å²) in [6, 6.07) is 18.3. The Morgan fingerprint density at radius 2 is 1.80 bits per heavy atom. The molecule has 0 fully saturated rings. The lowest BCUT2D eigenvalue weighted by molar-refractivity contribution is -0.145. The highest BCUT2D eigenvalue weighted by molar-refractivity contribution is 6.06. The van der Waals surface area contributed by atoms with E-state index in [0.29, 0.717) is 0 Å². The summed E-state index contributed by atoms with van der Waals surface area (Å²) in [5.41, 5.74) is 5.05. The molecule has 0 aliphatic heterocycles. The first kappa shape index (κ1) is 24.4. The number of hydrogen-bond donors (Lipinski definition) is 1. The minimum Gasteiger partial charge on any atom is -0.466 e. The molecule has 0 saturated heterocycles. The van der Waals surface area contributed by atoms with Crippen LogP contribution in [0.25, 0.3) is 33.5 Å². The molecule has 2 heterocycles. The van der Waals surface area contributed by atoms with E-state index in [2.05, 4.69) is 32.0 Å². The van der Waals surface area contributed by atoms with Crippen LogP contribution in [-0.2, 0) is 14.3 Å². The van der Waals surface area contributed by atoms with E-state index in [1.54, 1.807) is 13.0 Å². The first-order chi connectivity index (χ1) is 16.9. The van der Waals surface area contributed by atoms with Gasteiger partial charge in [-0.25, -0.2) is 4.52 Å². The third-order valence-electron chi connectivity index (χ3n) is 5.93. The number of Topliss-reactive ketones (excluding diaryl/α,β-unsaturated/α-hetero) is 1. The van der Waals surface area contributed by atoms with Crippen LogP contribution in [0.5, 0.6) is 0 Å². The lowest BCUT2D eigenvalue weighted by Crippen LogP contribution is -2.16. The molecular weight excluding hydrogens is 440 g/mol. The first-order valence-corrected chi connectivity index (χ1v) is 11.9. The van der Waals surface area contributed by atoms with Crippen LogP contribution >= 0.6 is 0 Å². The molecule has 2 aromatic carbocycles. The fourth-order valence-electron chi connectivity index (χ4n) is 4.49. The number of esters is 1. The lowest BCUT2D eigenvalue weighted by atomic mass is 9.95. The van der Waals surface area contributed by atoms with E-state index in [-0.39, 0.29) is 31.1 Å². The third kappa shape index (κ3) is 5.17. The van der Waals surface area contributed by atoms with Gasteiger partial charge in [0.1, 0.15) is 12.2 Å². The second-order valence-corrected chi connectivity index (χ2v) is 8.84. The van der Waals surface area contributed by atoms with Crippen molar-refractivity contribution in [3.8, 4) is 11.1 Å². The molecule has 0 bridgehead atoms. The standard InChI is InChI=1S/C29H30N2O4/c1-4-35-26(34)17-23(33)16-22(32)14-15-25-27(20-10-6-5-7-11-20)29-24-13-9-8-12-21(24)18-30-31(29)28(25)19(2)3/h5-15,18-19,22,32H,4,16-17H2,1-3H3/b15-14+. The summed E-state index contributed by atoms with van der Waals surface area (Å²) in [6.45, 7) is 6.14. The fourth-order valence-corrected chi connectivity index (χ4v) is 4.49. The summed E-state index contributed by atoms with van der Waals surface area (Å²) >= 11 is 0. The van der Waals surface area contributed by atoms with Crippen LogP contribution in [-0.4, -0.2) is 39.2 Å². The molecule has 0 amide bonds. The Balaban J connectivity index is 1.82. The van der Waals surface area contributed by atoms with Crippen molar-refractivity contribution in [1.82, 2.24) is 9.61 Å². The second kappa shape index (κ2) is 10.7. The zero-order valence-corrected chi connectivity index (χ0v) is 20.3. The summed E-state index contributed by atoms with van der Waals surface area (Å²) in [5, 5.41) is 17.5. The van der Waals surface area contributed by atoms with Crippen LogP contribution in [0.1, 0.15) is 50.8 Å². The van der Waals surface area contributed by atoms with Crippen molar-refractivity contribution in [2.75, 3.05) is 6.61 Å². The minimum absolute atomic E-state index is 0.149. The van der Waals surface area contributed by atoms with Crippen molar-refractivity contribution in [2.45, 2.75) is 45.6 Å². The van der Waals surface area contributed by atoms with Gasteiger partial charge in [-0.1, -0.05) is 80.6 Å². The van der Waals surface area contributed by atoms with E-state index in [9.17, 15) is 14.7 Å². The summed E-state index contributed by atoms with van der Waals surface area (Å²) in [7, 11) is 0. The van der Waals surface area contributed by atoms with Crippen molar-refractivity contribution >= 4 is 34.1 Å². The van der Waals surface area contributed by atoms with Crippen LogP contribution < -0.4 is 0 Å². The largest absolute Gasteiger partial charge is 0.466 e. The molecule has 6 nitrogen and oxygen atoms in total. The molecule has 1 unspecified atom stereocenters. The van der Waals surface area contributed by atoms with Gasteiger partial charge in [0.2, 0.25) is 0 Å². The van der Waals surface area contributed by atoms with Crippen LogP contribution in [0, 0.1) is 0 Å². The van der Waals surface area contributed by atoms with E-state index in [1.807, 2.05) is 53.2 Å². The third-order valence-corrected chi connectivity index (χ3v) is 5.93. The maximum Gasteiger partial charge on any atom is 0.313 e. The Labute approximate surface area is 204 Å². The smallest absolute Gasteiger partial charge is 0.313 e. The van der Waals surface area contributed by atoms with Crippen molar-refractivity contribution in [3.63, 3.8) is 0 Å². The van der Waals surface area contributed by atoms with Gasteiger partial charge in [0, 0.05) is 28.3 Å². The fraction of sp³-hybridized carbons (Fsp3) is 0.276. The molecule has 0 radical (unpaired) electrons. The molecule has 0 aliphatic carbocycles. The molecule has 4 aromatic rings. The summed E-state index contributed by atoms with van der Waals surface area (Å²) in [5.74, 6) is -0.780. The molecule has 2 aromatic heterocycles. The Bertz CT molecular complexity index is 1390. The minimum atomic E-state index is -1.02. The monoisotopic (exact) mass is 470 g/mol. The van der Waals surface area contributed by atoms with Gasteiger partial charge in [-0.05, 0) is 18.4 Å². The molecule has 1 atom stereocenters. The lowest BCUT2D eigenvalue weighted by Gasteiger charge is -2.09. The highest BCUT2D eigenvalue weighted by Crippen LogP contribution is 2.40.